The van der Waals surface area contributed by atoms with Gasteiger partial charge in [0.15, 0.2) is 4.87 Å². The largest absolute Gasteiger partial charge is 0.196 e. The fraction of sp³-hybridized carbons (Fsp3) is 0.250. The quantitative estimate of drug-likeness (QED) is 0.633. The topological polar surface area (TPSA) is 47.6 Å². The Balaban J connectivity index is 3.35. The van der Waals surface area contributed by atoms with E-state index in [4.69, 9.17) is 56.9 Å². The lowest BCUT2D eigenvalue weighted by molar-refractivity contribution is 0.858. The van der Waals surface area contributed by atoms with Gasteiger partial charge in [-0.1, -0.05) is 34.8 Å². The van der Waals surface area contributed by atoms with E-state index in [2.05, 4.69) is 0 Å². The lowest BCUT2D eigenvalue weighted by Crippen LogP contribution is -2.33. The third-order valence-corrected chi connectivity index (χ3v) is 3.59. The van der Waals surface area contributed by atoms with Crippen LogP contribution in [-0.2, 0) is 0 Å². The average Bonchev–Trinajstić information content (AvgIpc) is 2.16. The molecular formula is C8H2Cl4N2. The van der Waals surface area contributed by atoms with E-state index in [1.165, 1.54) is 6.08 Å². The molecule has 0 fully saturated rings. The first-order valence-electron chi connectivity index (χ1n) is 3.39. The maximum atomic E-state index is 8.79. The third-order valence-electron chi connectivity index (χ3n) is 1.70. The molecule has 0 aromatic carbocycles. The van der Waals surface area contributed by atoms with E-state index >= 15 is 0 Å². The Kier molecular flexibility index (Phi) is 3.35. The van der Waals surface area contributed by atoms with Crippen LogP contribution in [0.4, 0.5) is 0 Å². The van der Waals surface area contributed by atoms with Gasteiger partial charge in [0.2, 0.25) is 0 Å². The van der Waals surface area contributed by atoms with Crippen molar-refractivity contribution in [3.8, 4) is 12.1 Å². The van der Waals surface area contributed by atoms with Gasteiger partial charge in [0.25, 0.3) is 0 Å². The maximum Gasteiger partial charge on any atom is 0.171 e. The predicted octanol–water partition coefficient (Wildman–Crippen LogP) is 3.25. The van der Waals surface area contributed by atoms with Crippen LogP contribution in [0.1, 0.15) is 0 Å². The van der Waals surface area contributed by atoms with Crippen LogP contribution in [0.25, 0.3) is 0 Å². The number of allylic oxidation sites excluding steroid dienone is 4. The van der Waals surface area contributed by atoms with Crippen molar-refractivity contribution in [2.75, 3.05) is 0 Å². The van der Waals surface area contributed by atoms with E-state index < -0.39 is 10.3 Å². The number of rotatable bonds is 0. The van der Waals surface area contributed by atoms with E-state index in [1.54, 1.807) is 12.1 Å². The maximum absolute atomic E-state index is 8.79. The van der Waals surface area contributed by atoms with Crippen molar-refractivity contribution in [2.45, 2.75) is 10.3 Å². The highest BCUT2D eigenvalue weighted by atomic mass is 35.5. The Labute approximate surface area is 101 Å². The molecule has 14 heavy (non-hydrogen) atoms. The van der Waals surface area contributed by atoms with Crippen LogP contribution in [0.5, 0.6) is 0 Å². The SMILES string of the molecule is N#CC1=C(Cl)C(Cl)=CC(Cl)(C#N)C1Cl. The molecule has 1 rings (SSSR count). The molecule has 0 spiro atoms. The molecule has 6 heteroatoms. The van der Waals surface area contributed by atoms with Gasteiger partial charge in [-0.15, -0.1) is 11.6 Å². The Hall–Kier alpha value is -0.380. The number of hydrogen-bond donors (Lipinski definition) is 0. The normalized spacial score (nSPS) is 31.9. The summed E-state index contributed by atoms with van der Waals surface area (Å²) in [5, 5.41) is 16.7. The molecule has 1 aliphatic rings. The monoisotopic (exact) mass is 266 g/mol. The smallest absolute Gasteiger partial charge is 0.171 e. The third kappa shape index (κ3) is 1.72. The molecule has 72 valence electrons. The summed E-state index contributed by atoms with van der Waals surface area (Å²) in [6.45, 7) is 0. The van der Waals surface area contributed by atoms with Crippen molar-refractivity contribution in [1.82, 2.24) is 0 Å². The molecule has 2 atom stereocenters. The van der Waals surface area contributed by atoms with Crippen molar-refractivity contribution in [1.29, 1.82) is 10.5 Å². The minimum absolute atomic E-state index is 0.0115. The number of nitrogens with zero attached hydrogens (tertiary/aromatic N) is 2. The molecule has 0 N–H and O–H groups in total. The van der Waals surface area contributed by atoms with Crippen molar-refractivity contribution in [3.63, 3.8) is 0 Å². The Morgan fingerprint density at radius 3 is 2.36 bits per heavy atom. The zero-order chi connectivity index (χ0) is 10.9. The van der Waals surface area contributed by atoms with Gasteiger partial charge in [-0.3, -0.25) is 0 Å². The van der Waals surface area contributed by atoms with Gasteiger partial charge in [0.1, 0.15) is 5.38 Å². The van der Waals surface area contributed by atoms with Crippen molar-refractivity contribution in [3.05, 3.63) is 21.7 Å². The van der Waals surface area contributed by atoms with E-state index in [9.17, 15) is 0 Å². The molecule has 0 amide bonds. The van der Waals surface area contributed by atoms with Crippen LogP contribution < -0.4 is 0 Å². The molecule has 0 saturated carbocycles. The Morgan fingerprint density at radius 2 is 1.93 bits per heavy atom. The highest BCUT2D eigenvalue weighted by molar-refractivity contribution is 6.47. The minimum atomic E-state index is -1.51. The summed E-state index contributed by atoms with van der Waals surface area (Å²) in [6, 6.07) is 3.55. The number of alkyl halides is 2. The highest BCUT2D eigenvalue weighted by Crippen LogP contribution is 2.41. The number of halogens is 4. The zero-order valence-electron chi connectivity index (χ0n) is 6.56. The van der Waals surface area contributed by atoms with E-state index in [0.717, 1.165) is 0 Å². The summed E-state index contributed by atoms with van der Waals surface area (Å²) in [6.07, 6.45) is 1.23. The van der Waals surface area contributed by atoms with Crippen LogP contribution in [0.2, 0.25) is 0 Å². The van der Waals surface area contributed by atoms with Gasteiger partial charge < -0.3 is 0 Å². The van der Waals surface area contributed by atoms with E-state index in [-0.39, 0.29) is 15.6 Å². The van der Waals surface area contributed by atoms with Crippen molar-refractivity contribution >= 4 is 46.4 Å². The molecule has 0 aromatic heterocycles. The summed E-state index contributed by atoms with van der Waals surface area (Å²) < 4.78 is 0. The van der Waals surface area contributed by atoms with Gasteiger partial charge in [-0.25, -0.2) is 0 Å². The fourth-order valence-corrected chi connectivity index (χ4v) is 2.05. The molecule has 2 nitrogen and oxygen atoms in total. The summed E-state index contributed by atoms with van der Waals surface area (Å²) in [4.78, 5) is -1.51. The lowest BCUT2D eigenvalue weighted by atomic mass is 9.94. The van der Waals surface area contributed by atoms with Gasteiger partial charge in [0, 0.05) is 0 Å². The Morgan fingerprint density at radius 1 is 1.36 bits per heavy atom. The fourth-order valence-electron chi connectivity index (χ4n) is 0.966. The number of nitriles is 2. The number of hydrogen-bond acceptors (Lipinski definition) is 2. The second-order valence-corrected chi connectivity index (χ2v) is 4.42. The van der Waals surface area contributed by atoms with Crippen LogP contribution in [0.15, 0.2) is 21.7 Å². The molecule has 0 aliphatic heterocycles. The summed E-state index contributed by atoms with van der Waals surface area (Å²) in [7, 11) is 0. The van der Waals surface area contributed by atoms with Crippen LogP contribution >= 0.6 is 46.4 Å². The van der Waals surface area contributed by atoms with Crippen LogP contribution in [-0.4, -0.2) is 10.3 Å². The van der Waals surface area contributed by atoms with Gasteiger partial charge >= 0.3 is 0 Å². The molecular weight excluding hydrogens is 266 g/mol. The zero-order valence-corrected chi connectivity index (χ0v) is 9.58. The van der Waals surface area contributed by atoms with E-state index in [1.807, 2.05) is 0 Å². The first kappa shape index (κ1) is 11.7. The minimum Gasteiger partial charge on any atom is -0.196 e. The second kappa shape index (κ2) is 4.01. The predicted molar refractivity (Wildman–Crippen MR) is 56.3 cm³/mol. The Bertz CT molecular complexity index is 412. The lowest BCUT2D eigenvalue weighted by Gasteiger charge is -2.25. The first-order valence-corrected chi connectivity index (χ1v) is 4.96. The summed E-state index contributed by atoms with van der Waals surface area (Å²) in [5.41, 5.74) is 0.0115. The molecule has 0 bridgehead atoms. The molecule has 1 aliphatic carbocycles. The van der Waals surface area contributed by atoms with Crippen LogP contribution in [0.3, 0.4) is 0 Å². The standard InChI is InChI=1S/C8H2Cl4N2/c9-5-1-8(12,3-14)7(11)4(2-13)6(5)10/h1,7H. The molecule has 0 aromatic rings. The highest BCUT2D eigenvalue weighted by Gasteiger charge is 2.42. The van der Waals surface area contributed by atoms with Gasteiger partial charge in [0.05, 0.1) is 27.8 Å². The first-order chi connectivity index (χ1) is 6.46. The summed E-state index contributed by atoms with van der Waals surface area (Å²) in [5.74, 6) is 0. The van der Waals surface area contributed by atoms with Gasteiger partial charge in [-0.05, 0) is 6.08 Å². The summed E-state index contributed by atoms with van der Waals surface area (Å²) >= 11 is 23.1. The molecule has 0 saturated heterocycles. The molecule has 0 heterocycles. The average molecular weight is 268 g/mol. The molecule has 2 unspecified atom stereocenters. The van der Waals surface area contributed by atoms with E-state index in [0.29, 0.717) is 0 Å². The van der Waals surface area contributed by atoms with Crippen LogP contribution in [0, 0.1) is 22.7 Å². The second-order valence-electron chi connectivity index (χ2n) is 2.57. The van der Waals surface area contributed by atoms with Crippen molar-refractivity contribution < 1.29 is 0 Å². The van der Waals surface area contributed by atoms with Gasteiger partial charge in [-0.2, -0.15) is 10.5 Å². The van der Waals surface area contributed by atoms with Crippen molar-refractivity contribution in [2.24, 2.45) is 0 Å². The molecule has 0 radical (unpaired) electrons.